The molecule has 110 valence electrons. The summed E-state index contributed by atoms with van der Waals surface area (Å²) < 4.78 is 27.8. The van der Waals surface area contributed by atoms with Gasteiger partial charge in [0.1, 0.15) is 29.4 Å². The second-order valence-electron chi connectivity index (χ2n) is 4.08. The minimum Gasteiger partial charge on any atom is -0.480 e. The number of hydrogen-bond acceptors (Lipinski definition) is 4. The van der Waals surface area contributed by atoms with Crippen LogP contribution in [0, 0.1) is 11.6 Å². The van der Waals surface area contributed by atoms with Gasteiger partial charge in [-0.05, 0) is 12.1 Å². The molecule has 7 nitrogen and oxygen atoms in total. The molecule has 0 saturated heterocycles. The molecule has 0 bridgehead atoms. The first-order valence-corrected chi connectivity index (χ1v) is 5.80. The monoisotopic (exact) mass is 296 g/mol. The Morgan fingerprint density at radius 1 is 1.29 bits per heavy atom. The minimum atomic E-state index is -1.09. The normalized spacial score (nSPS) is 10.4. The molecular formula is C12H10F2N4O3. The Bertz CT molecular complexity index is 667. The van der Waals surface area contributed by atoms with Crippen molar-refractivity contribution in [3.05, 3.63) is 47.3 Å². The number of hydrogen-bond donors (Lipinski definition) is 2. The molecule has 1 heterocycles. The number of aromatic nitrogens is 3. The molecule has 1 amide bonds. The van der Waals surface area contributed by atoms with E-state index in [4.69, 9.17) is 5.11 Å². The summed E-state index contributed by atoms with van der Waals surface area (Å²) in [5.41, 5.74) is -0.420. The summed E-state index contributed by atoms with van der Waals surface area (Å²) in [5.74, 6) is -3.97. The van der Waals surface area contributed by atoms with Crippen LogP contribution in [0.5, 0.6) is 0 Å². The lowest BCUT2D eigenvalue weighted by atomic mass is 10.2. The SMILES string of the molecule is O=C(O)Cn1cc(CNC(=O)c2c(F)cccc2F)nn1. The van der Waals surface area contributed by atoms with Crippen LogP contribution in [0.15, 0.2) is 24.4 Å². The average molecular weight is 296 g/mol. The molecule has 2 aromatic rings. The first kappa shape index (κ1) is 14.6. The van der Waals surface area contributed by atoms with Gasteiger partial charge in [0.05, 0.1) is 12.7 Å². The van der Waals surface area contributed by atoms with Gasteiger partial charge >= 0.3 is 5.97 Å². The zero-order chi connectivity index (χ0) is 15.4. The number of nitrogens with one attached hydrogen (secondary N) is 1. The van der Waals surface area contributed by atoms with E-state index in [2.05, 4.69) is 15.6 Å². The molecule has 0 radical (unpaired) electrons. The predicted octanol–water partition coefficient (Wildman–Crippen LogP) is 0.571. The van der Waals surface area contributed by atoms with Crippen molar-refractivity contribution in [1.82, 2.24) is 20.3 Å². The maximum Gasteiger partial charge on any atom is 0.325 e. The molecule has 0 aliphatic carbocycles. The molecule has 0 aliphatic rings. The molecule has 1 aromatic carbocycles. The van der Waals surface area contributed by atoms with Crippen LogP contribution in [0.4, 0.5) is 8.78 Å². The lowest BCUT2D eigenvalue weighted by Gasteiger charge is -2.05. The Morgan fingerprint density at radius 3 is 2.57 bits per heavy atom. The van der Waals surface area contributed by atoms with Gasteiger partial charge in [-0.25, -0.2) is 13.5 Å². The van der Waals surface area contributed by atoms with Crippen molar-refractivity contribution in [1.29, 1.82) is 0 Å². The Kier molecular flexibility index (Phi) is 4.21. The quantitative estimate of drug-likeness (QED) is 0.840. The third-order valence-corrected chi connectivity index (χ3v) is 2.50. The number of carbonyl (C=O) groups is 2. The highest BCUT2D eigenvalue weighted by Gasteiger charge is 2.17. The summed E-state index contributed by atoms with van der Waals surface area (Å²) in [5, 5.41) is 18.0. The van der Waals surface area contributed by atoms with Gasteiger partial charge in [0.15, 0.2) is 0 Å². The highest BCUT2D eigenvalue weighted by molar-refractivity contribution is 5.94. The summed E-state index contributed by atoms with van der Waals surface area (Å²) in [6, 6.07) is 3.10. The summed E-state index contributed by atoms with van der Waals surface area (Å²) >= 11 is 0. The first-order valence-electron chi connectivity index (χ1n) is 5.80. The molecule has 0 fully saturated rings. The summed E-state index contributed by atoms with van der Waals surface area (Å²) in [4.78, 5) is 22.2. The van der Waals surface area contributed by atoms with Crippen molar-refractivity contribution in [3.8, 4) is 0 Å². The average Bonchev–Trinajstić information content (AvgIpc) is 2.83. The first-order chi connectivity index (χ1) is 9.97. The van der Waals surface area contributed by atoms with E-state index in [-0.39, 0.29) is 18.8 Å². The Morgan fingerprint density at radius 2 is 1.95 bits per heavy atom. The van der Waals surface area contributed by atoms with Crippen molar-refractivity contribution in [2.45, 2.75) is 13.1 Å². The molecule has 0 aliphatic heterocycles. The number of carbonyl (C=O) groups excluding carboxylic acids is 1. The standard InChI is InChI=1S/C12H10F2N4O3/c13-8-2-1-3-9(14)11(8)12(21)15-4-7-5-18(17-16-7)6-10(19)20/h1-3,5H,4,6H2,(H,15,21)(H,19,20). The number of rotatable bonds is 5. The maximum absolute atomic E-state index is 13.4. The fourth-order valence-corrected chi connectivity index (χ4v) is 1.61. The Hall–Kier alpha value is -2.84. The lowest BCUT2D eigenvalue weighted by molar-refractivity contribution is -0.137. The fraction of sp³-hybridized carbons (Fsp3) is 0.167. The molecule has 1 aromatic heterocycles. The highest BCUT2D eigenvalue weighted by Crippen LogP contribution is 2.11. The molecular weight excluding hydrogens is 286 g/mol. The van der Waals surface area contributed by atoms with E-state index in [1.165, 1.54) is 6.20 Å². The molecule has 9 heteroatoms. The smallest absolute Gasteiger partial charge is 0.325 e. The van der Waals surface area contributed by atoms with Crippen molar-refractivity contribution in [2.75, 3.05) is 0 Å². The van der Waals surface area contributed by atoms with E-state index in [1.54, 1.807) is 0 Å². The number of nitrogens with zero attached hydrogens (tertiary/aromatic N) is 3. The van der Waals surface area contributed by atoms with Crippen LogP contribution in [0.1, 0.15) is 16.1 Å². The van der Waals surface area contributed by atoms with Crippen molar-refractivity contribution >= 4 is 11.9 Å². The zero-order valence-corrected chi connectivity index (χ0v) is 10.6. The van der Waals surface area contributed by atoms with Crippen LogP contribution in [-0.4, -0.2) is 32.0 Å². The maximum atomic E-state index is 13.4. The molecule has 0 spiro atoms. The molecule has 0 unspecified atom stereocenters. The van der Waals surface area contributed by atoms with Crippen LogP contribution in [0.2, 0.25) is 0 Å². The number of amides is 1. The van der Waals surface area contributed by atoms with E-state index >= 15 is 0 Å². The second kappa shape index (κ2) is 6.07. The third kappa shape index (κ3) is 3.59. The van der Waals surface area contributed by atoms with E-state index < -0.39 is 29.1 Å². The van der Waals surface area contributed by atoms with Crippen molar-refractivity contribution in [2.24, 2.45) is 0 Å². The van der Waals surface area contributed by atoms with Crippen LogP contribution in [0.25, 0.3) is 0 Å². The Labute approximate surface area is 117 Å². The van der Waals surface area contributed by atoms with E-state index in [9.17, 15) is 18.4 Å². The van der Waals surface area contributed by atoms with Crippen LogP contribution < -0.4 is 5.32 Å². The van der Waals surface area contributed by atoms with Gasteiger partial charge < -0.3 is 10.4 Å². The van der Waals surface area contributed by atoms with Gasteiger partial charge in [-0.1, -0.05) is 11.3 Å². The lowest BCUT2D eigenvalue weighted by Crippen LogP contribution is -2.25. The van der Waals surface area contributed by atoms with Crippen molar-refractivity contribution < 1.29 is 23.5 Å². The molecule has 2 N–H and O–H groups in total. The summed E-state index contributed by atoms with van der Waals surface area (Å²) in [6.45, 7) is -0.505. The van der Waals surface area contributed by atoms with Gasteiger partial charge in [0.2, 0.25) is 0 Å². The number of carboxylic acid groups (broad SMARTS) is 1. The Balaban J connectivity index is 2.01. The van der Waals surface area contributed by atoms with Crippen LogP contribution in [0.3, 0.4) is 0 Å². The topological polar surface area (TPSA) is 97.1 Å². The van der Waals surface area contributed by atoms with Crippen LogP contribution in [-0.2, 0) is 17.9 Å². The van der Waals surface area contributed by atoms with Crippen LogP contribution >= 0.6 is 0 Å². The summed E-state index contributed by atoms with van der Waals surface area (Å²) in [7, 11) is 0. The van der Waals surface area contributed by atoms with E-state index in [0.29, 0.717) is 0 Å². The largest absolute Gasteiger partial charge is 0.480 e. The fourth-order valence-electron chi connectivity index (χ4n) is 1.61. The van der Waals surface area contributed by atoms with E-state index in [1.807, 2.05) is 0 Å². The molecule has 0 atom stereocenters. The number of halogens is 2. The van der Waals surface area contributed by atoms with Gasteiger partial charge in [-0.15, -0.1) is 5.10 Å². The van der Waals surface area contributed by atoms with Gasteiger partial charge in [-0.3, -0.25) is 9.59 Å². The molecule has 2 rings (SSSR count). The summed E-state index contributed by atoms with van der Waals surface area (Å²) in [6.07, 6.45) is 1.31. The highest BCUT2D eigenvalue weighted by atomic mass is 19.1. The number of carboxylic acids is 1. The second-order valence-corrected chi connectivity index (χ2v) is 4.08. The van der Waals surface area contributed by atoms with Gasteiger partial charge in [0.25, 0.3) is 5.91 Å². The number of aliphatic carboxylic acids is 1. The van der Waals surface area contributed by atoms with Gasteiger partial charge in [-0.2, -0.15) is 0 Å². The molecule has 21 heavy (non-hydrogen) atoms. The predicted molar refractivity (Wildman–Crippen MR) is 65.2 cm³/mol. The van der Waals surface area contributed by atoms with Crippen molar-refractivity contribution in [3.63, 3.8) is 0 Å². The number of benzene rings is 1. The minimum absolute atomic E-state index is 0.133. The zero-order valence-electron chi connectivity index (χ0n) is 10.6. The molecule has 0 saturated carbocycles. The van der Waals surface area contributed by atoms with E-state index in [0.717, 1.165) is 22.9 Å². The third-order valence-electron chi connectivity index (χ3n) is 2.50. The van der Waals surface area contributed by atoms with Gasteiger partial charge in [0, 0.05) is 0 Å².